The first kappa shape index (κ1) is 14.8. The molecule has 0 amide bonds. The van der Waals surface area contributed by atoms with E-state index in [2.05, 4.69) is 4.98 Å². The zero-order chi connectivity index (χ0) is 15.2. The monoisotopic (exact) mass is 287 g/mol. The highest BCUT2D eigenvalue weighted by atomic mass is 19.3. The molecule has 0 bridgehead atoms. The molecule has 0 unspecified atom stereocenters. The van der Waals surface area contributed by atoms with E-state index in [0.29, 0.717) is 0 Å². The fraction of sp³-hybridized carbons (Fsp3) is 0.571. The van der Waals surface area contributed by atoms with Crippen molar-refractivity contribution in [3.63, 3.8) is 0 Å². The van der Waals surface area contributed by atoms with Gasteiger partial charge >= 0.3 is 5.97 Å². The molecular formula is C14H16F3NO2. The number of hydrogen-bond acceptors (Lipinski definition) is 3. The first-order valence-corrected chi connectivity index (χ1v) is 6.28. The van der Waals surface area contributed by atoms with Gasteiger partial charge in [0.05, 0.1) is 5.69 Å². The second kappa shape index (κ2) is 4.46. The molecule has 0 N–H and O–H groups in total. The molecule has 0 spiro atoms. The van der Waals surface area contributed by atoms with E-state index in [-0.39, 0.29) is 5.69 Å². The molecule has 0 saturated heterocycles. The minimum atomic E-state index is -3.00. The van der Waals surface area contributed by atoms with Gasteiger partial charge in [0.2, 0.25) is 0 Å². The van der Waals surface area contributed by atoms with Crippen molar-refractivity contribution < 1.29 is 22.7 Å². The van der Waals surface area contributed by atoms with E-state index in [1.165, 1.54) is 12.3 Å². The molecule has 0 radical (unpaired) electrons. The fourth-order valence-corrected chi connectivity index (χ4v) is 2.35. The predicted octanol–water partition coefficient (Wildman–Crippen LogP) is 3.23. The number of hydrogen-bond donors (Lipinski definition) is 0. The van der Waals surface area contributed by atoms with Crippen molar-refractivity contribution >= 4 is 5.97 Å². The average Bonchev–Trinajstić information content (AvgIpc) is 2.23. The van der Waals surface area contributed by atoms with E-state index >= 15 is 0 Å². The van der Waals surface area contributed by atoms with Gasteiger partial charge in [0.15, 0.2) is 0 Å². The number of rotatable bonds is 2. The first-order valence-electron chi connectivity index (χ1n) is 6.28. The zero-order valence-corrected chi connectivity index (χ0v) is 11.5. The Kier molecular flexibility index (Phi) is 3.31. The fourth-order valence-electron chi connectivity index (χ4n) is 2.35. The highest BCUT2D eigenvalue weighted by Gasteiger charge is 2.64. The zero-order valence-electron chi connectivity index (χ0n) is 11.5. The summed E-state index contributed by atoms with van der Waals surface area (Å²) in [7, 11) is 0. The Balaban J connectivity index is 2.39. The van der Waals surface area contributed by atoms with Crippen LogP contribution in [0.15, 0.2) is 18.3 Å². The van der Waals surface area contributed by atoms with Crippen molar-refractivity contribution in [1.82, 2.24) is 4.98 Å². The Morgan fingerprint density at radius 1 is 1.35 bits per heavy atom. The highest BCUT2D eigenvalue weighted by Crippen LogP contribution is 2.54. The molecule has 1 aliphatic rings. The second-order valence-electron chi connectivity index (χ2n) is 6.13. The van der Waals surface area contributed by atoms with Gasteiger partial charge in [-0.05, 0) is 32.9 Å². The predicted molar refractivity (Wildman–Crippen MR) is 65.9 cm³/mol. The second-order valence-corrected chi connectivity index (χ2v) is 6.13. The molecule has 0 aromatic carbocycles. The van der Waals surface area contributed by atoms with E-state index in [4.69, 9.17) is 4.74 Å². The smallest absolute Gasteiger partial charge is 0.319 e. The van der Waals surface area contributed by atoms with Crippen molar-refractivity contribution in [1.29, 1.82) is 0 Å². The Morgan fingerprint density at radius 2 is 1.95 bits per heavy atom. The maximum Gasteiger partial charge on any atom is 0.319 e. The molecule has 1 aromatic heterocycles. The van der Waals surface area contributed by atoms with Gasteiger partial charge in [0, 0.05) is 19.0 Å². The van der Waals surface area contributed by atoms with Gasteiger partial charge in [0.25, 0.3) is 5.92 Å². The number of nitrogens with zero attached hydrogens (tertiary/aromatic N) is 1. The third-order valence-corrected chi connectivity index (χ3v) is 3.12. The molecule has 110 valence electrons. The van der Waals surface area contributed by atoms with Crippen LogP contribution in [0.25, 0.3) is 0 Å². The molecule has 1 aromatic rings. The average molecular weight is 287 g/mol. The van der Waals surface area contributed by atoms with E-state index in [1.54, 1.807) is 20.8 Å². The summed E-state index contributed by atoms with van der Waals surface area (Å²) in [4.78, 5) is 16.0. The Labute approximate surface area is 115 Å². The van der Waals surface area contributed by atoms with Crippen molar-refractivity contribution in [2.24, 2.45) is 0 Å². The lowest BCUT2D eigenvalue weighted by molar-refractivity contribution is -0.190. The van der Waals surface area contributed by atoms with E-state index in [0.717, 1.165) is 6.07 Å². The number of ether oxygens (including phenoxy) is 1. The molecule has 3 nitrogen and oxygen atoms in total. The van der Waals surface area contributed by atoms with E-state index in [9.17, 15) is 18.0 Å². The molecule has 0 atom stereocenters. The van der Waals surface area contributed by atoms with Crippen molar-refractivity contribution in [3.8, 4) is 0 Å². The summed E-state index contributed by atoms with van der Waals surface area (Å²) in [5, 5.41) is 0. The van der Waals surface area contributed by atoms with Crippen molar-refractivity contribution in [2.75, 3.05) is 0 Å². The molecular weight excluding hydrogens is 271 g/mol. The maximum absolute atomic E-state index is 13.8. The van der Waals surface area contributed by atoms with Gasteiger partial charge < -0.3 is 4.74 Å². The van der Waals surface area contributed by atoms with Crippen LogP contribution < -0.4 is 0 Å². The number of carbonyl (C=O) groups is 1. The molecule has 1 heterocycles. The number of pyridine rings is 1. The SMILES string of the molecule is CC(C)(C)OC(=O)C1(c2ncccc2F)CC(F)(F)C1. The number of carbonyl (C=O) groups excluding carboxylic acids is 1. The topological polar surface area (TPSA) is 39.2 Å². The standard InChI is InChI=1S/C14H16F3NO2/c1-12(2,3)20-11(19)13(7-14(16,17)8-13)10-9(15)5-4-6-18-10/h4-6H,7-8H2,1-3H3. The quantitative estimate of drug-likeness (QED) is 0.784. The van der Waals surface area contributed by atoms with Crippen LogP contribution >= 0.6 is 0 Å². The summed E-state index contributed by atoms with van der Waals surface area (Å²) in [6, 6.07) is 2.45. The van der Waals surface area contributed by atoms with Crippen LogP contribution in [0, 0.1) is 5.82 Å². The third-order valence-electron chi connectivity index (χ3n) is 3.12. The lowest BCUT2D eigenvalue weighted by Gasteiger charge is -2.45. The summed E-state index contributed by atoms with van der Waals surface area (Å²) in [5.74, 6) is -4.62. The van der Waals surface area contributed by atoms with E-state index in [1.807, 2.05) is 0 Å². The van der Waals surface area contributed by atoms with Gasteiger partial charge in [-0.15, -0.1) is 0 Å². The summed E-state index contributed by atoms with van der Waals surface area (Å²) in [6.07, 6.45) is -0.271. The summed E-state index contributed by atoms with van der Waals surface area (Å²) in [6.45, 7) is 4.89. The van der Waals surface area contributed by atoms with Crippen molar-refractivity contribution in [2.45, 2.75) is 50.6 Å². The minimum Gasteiger partial charge on any atom is -0.459 e. The van der Waals surface area contributed by atoms with Crippen LogP contribution in [0.1, 0.15) is 39.3 Å². The lowest BCUT2D eigenvalue weighted by atomic mass is 9.63. The molecule has 0 aliphatic heterocycles. The largest absolute Gasteiger partial charge is 0.459 e. The number of halogens is 3. The summed E-state index contributed by atoms with van der Waals surface area (Å²) >= 11 is 0. The van der Waals surface area contributed by atoms with Crippen LogP contribution in [0.3, 0.4) is 0 Å². The maximum atomic E-state index is 13.8. The molecule has 1 saturated carbocycles. The van der Waals surface area contributed by atoms with E-state index < -0.39 is 41.6 Å². The van der Waals surface area contributed by atoms with Gasteiger partial charge in [-0.1, -0.05) is 0 Å². The Bertz CT molecular complexity index is 529. The molecule has 20 heavy (non-hydrogen) atoms. The highest BCUT2D eigenvalue weighted by molar-refractivity contribution is 5.84. The van der Waals surface area contributed by atoms with Crippen LogP contribution in [0.2, 0.25) is 0 Å². The minimum absolute atomic E-state index is 0.264. The molecule has 2 rings (SSSR count). The normalized spacial score (nSPS) is 20.1. The number of esters is 1. The van der Waals surface area contributed by atoms with Gasteiger partial charge in [-0.25, -0.2) is 13.2 Å². The van der Waals surface area contributed by atoms with Crippen LogP contribution in [-0.4, -0.2) is 22.5 Å². The van der Waals surface area contributed by atoms with Gasteiger partial charge in [0.1, 0.15) is 16.8 Å². The first-order chi connectivity index (χ1) is 9.06. The third kappa shape index (κ3) is 2.64. The Morgan fingerprint density at radius 3 is 2.40 bits per heavy atom. The number of alkyl halides is 2. The lowest BCUT2D eigenvalue weighted by Crippen LogP contribution is -2.57. The van der Waals surface area contributed by atoms with Gasteiger partial charge in [-0.3, -0.25) is 9.78 Å². The molecule has 1 aliphatic carbocycles. The van der Waals surface area contributed by atoms with Gasteiger partial charge in [-0.2, -0.15) is 0 Å². The molecule has 6 heteroatoms. The number of aromatic nitrogens is 1. The summed E-state index contributed by atoms with van der Waals surface area (Å²) in [5.41, 5.74) is -2.79. The molecule has 1 fully saturated rings. The summed E-state index contributed by atoms with van der Waals surface area (Å²) < 4.78 is 45.6. The van der Waals surface area contributed by atoms with Crippen LogP contribution in [0.5, 0.6) is 0 Å². The van der Waals surface area contributed by atoms with Crippen LogP contribution in [-0.2, 0) is 14.9 Å². The van der Waals surface area contributed by atoms with Crippen molar-refractivity contribution in [3.05, 3.63) is 29.8 Å². The Hall–Kier alpha value is -1.59. The van der Waals surface area contributed by atoms with Crippen LogP contribution in [0.4, 0.5) is 13.2 Å².